The molecule has 0 bridgehead atoms. The zero-order chi connectivity index (χ0) is 26.7. The lowest BCUT2D eigenvalue weighted by molar-refractivity contribution is -0.155. The van der Waals surface area contributed by atoms with Gasteiger partial charge >= 0.3 is 5.97 Å². The zero-order valence-electron chi connectivity index (χ0n) is 20.2. The molecule has 1 fully saturated rings. The van der Waals surface area contributed by atoms with Crippen molar-refractivity contribution in [3.8, 4) is 11.5 Å². The predicted octanol–water partition coefficient (Wildman–Crippen LogP) is 4.25. The summed E-state index contributed by atoms with van der Waals surface area (Å²) in [5.41, 5.74) is -2.07. The number of hydrogen-bond donors (Lipinski definition) is 2. The van der Waals surface area contributed by atoms with Gasteiger partial charge in [0.25, 0.3) is 0 Å². The van der Waals surface area contributed by atoms with Crippen LogP contribution in [0.4, 0.5) is 0 Å². The fourth-order valence-electron chi connectivity index (χ4n) is 5.84. The Kier molecular flexibility index (Phi) is 5.66. The molecule has 2 heterocycles. The van der Waals surface area contributed by atoms with E-state index in [4.69, 9.17) is 9.47 Å². The number of Topliss-reactive ketones (excluding diaryl/α,β-unsaturated/α-hetero) is 1. The average molecular weight is 575 g/mol. The monoisotopic (exact) mass is 574 g/mol. The molecule has 1 aliphatic heterocycles. The highest BCUT2D eigenvalue weighted by Gasteiger charge is 2.79. The molecule has 0 amide bonds. The van der Waals surface area contributed by atoms with Gasteiger partial charge in [0, 0.05) is 4.47 Å². The van der Waals surface area contributed by atoms with Crippen LogP contribution in [0.5, 0.6) is 11.5 Å². The second-order valence-electron chi connectivity index (χ2n) is 9.51. The van der Waals surface area contributed by atoms with Crippen molar-refractivity contribution < 1.29 is 29.3 Å². The molecule has 2 N–H and O–H groups in total. The molecule has 4 atom stereocenters. The Labute approximate surface area is 226 Å². The summed E-state index contributed by atoms with van der Waals surface area (Å²) in [5, 5.41) is 27.2. The maximum atomic E-state index is 14.0. The number of hydrogen-bond acceptors (Lipinski definition) is 6. The van der Waals surface area contributed by atoms with Crippen molar-refractivity contribution in [1.29, 1.82) is 0 Å². The molecule has 0 radical (unpaired) electrons. The molecular formula is C29H23BrN2O6. The summed E-state index contributed by atoms with van der Waals surface area (Å²) in [5.74, 6) is -3.78. The number of halogens is 1. The molecule has 8 nitrogen and oxygen atoms in total. The molecule has 0 spiro atoms. The fourth-order valence-corrected chi connectivity index (χ4v) is 6.10. The summed E-state index contributed by atoms with van der Waals surface area (Å²) < 4.78 is 14.1. The number of carbonyl (C=O) groups excluding carboxylic acids is 1. The molecular weight excluding hydrogens is 552 g/mol. The van der Waals surface area contributed by atoms with Crippen LogP contribution in [0.15, 0.2) is 89.5 Å². The lowest BCUT2D eigenvalue weighted by Gasteiger charge is -2.39. The molecule has 3 aromatic carbocycles. The molecule has 1 aromatic heterocycles. The van der Waals surface area contributed by atoms with Gasteiger partial charge in [-0.1, -0.05) is 70.5 Å². The van der Waals surface area contributed by atoms with Gasteiger partial charge in [0.1, 0.15) is 17.4 Å². The maximum Gasteiger partial charge on any atom is 0.314 e. The molecule has 38 heavy (non-hydrogen) atoms. The van der Waals surface area contributed by atoms with Gasteiger partial charge in [-0.3, -0.25) is 14.3 Å². The van der Waals surface area contributed by atoms with Crippen molar-refractivity contribution in [2.75, 3.05) is 7.11 Å². The molecule has 9 heteroatoms. The van der Waals surface area contributed by atoms with E-state index in [0.717, 1.165) is 15.8 Å². The van der Waals surface area contributed by atoms with Gasteiger partial charge in [0.2, 0.25) is 5.60 Å². The van der Waals surface area contributed by atoms with E-state index in [2.05, 4.69) is 21.0 Å². The summed E-state index contributed by atoms with van der Waals surface area (Å²) in [6.07, 6.45) is 1.64. The van der Waals surface area contributed by atoms with E-state index in [1.165, 1.54) is 0 Å². The molecule has 1 aliphatic carbocycles. The van der Waals surface area contributed by atoms with Crippen LogP contribution < -0.4 is 9.47 Å². The number of carboxylic acid groups (broad SMARTS) is 1. The third-order valence-corrected chi connectivity index (χ3v) is 8.02. The van der Waals surface area contributed by atoms with Crippen molar-refractivity contribution >= 4 is 27.7 Å². The van der Waals surface area contributed by atoms with E-state index in [0.29, 0.717) is 17.7 Å². The minimum Gasteiger partial charge on any atom is -0.497 e. The summed E-state index contributed by atoms with van der Waals surface area (Å²) in [4.78, 5) is 26.6. The number of methoxy groups -OCH3 is 1. The lowest BCUT2D eigenvalue weighted by atomic mass is 9.72. The SMILES string of the molecule is COc1ccc(Cn2cc3c(n2)[C@]2(O)C(=O)[C@H](C(=O)O)[C@@H](c4ccccc4)[C@]2(c2ccc(Br)cc2)O3)cc1. The summed E-state index contributed by atoms with van der Waals surface area (Å²) in [7, 11) is 1.59. The number of nitrogens with zero attached hydrogens (tertiary/aromatic N) is 2. The van der Waals surface area contributed by atoms with Gasteiger partial charge in [-0.25, -0.2) is 0 Å². The van der Waals surface area contributed by atoms with Crippen molar-refractivity contribution in [1.82, 2.24) is 9.78 Å². The first kappa shape index (κ1) is 24.4. The number of ether oxygens (including phenoxy) is 2. The third-order valence-electron chi connectivity index (χ3n) is 7.49. The van der Waals surface area contributed by atoms with Crippen LogP contribution in [-0.4, -0.2) is 38.9 Å². The Morgan fingerprint density at radius 3 is 2.39 bits per heavy atom. The first-order chi connectivity index (χ1) is 18.3. The van der Waals surface area contributed by atoms with Crippen molar-refractivity contribution in [2.24, 2.45) is 5.92 Å². The van der Waals surface area contributed by atoms with Crippen LogP contribution >= 0.6 is 15.9 Å². The van der Waals surface area contributed by atoms with E-state index in [1.54, 1.807) is 66.5 Å². The number of carbonyl (C=O) groups is 2. The van der Waals surface area contributed by atoms with Gasteiger partial charge in [0.05, 0.1) is 25.8 Å². The highest BCUT2D eigenvalue weighted by atomic mass is 79.9. The number of aliphatic carboxylic acids is 1. The number of ketones is 1. The highest BCUT2D eigenvalue weighted by molar-refractivity contribution is 9.10. The number of aromatic nitrogens is 2. The second kappa shape index (κ2) is 8.82. The maximum absolute atomic E-state index is 14.0. The molecule has 0 unspecified atom stereocenters. The largest absolute Gasteiger partial charge is 0.497 e. The van der Waals surface area contributed by atoms with Crippen molar-refractivity contribution in [3.05, 3.63) is 112 Å². The minimum atomic E-state index is -2.33. The van der Waals surface area contributed by atoms with Crippen LogP contribution in [0.2, 0.25) is 0 Å². The first-order valence-corrected chi connectivity index (χ1v) is 12.8. The molecule has 0 saturated heterocycles. The number of benzene rings is 3. The van der Waals surface area contributed by atoms with E-state index >= 15 is 0 Å². The van der Waals surface area contributed by atoms with E-state index in [9.17, 15) is 19.8 Å². The molecule has 4 aromatic rings. The topological polar surface area (TPSA) is 111 Å². The van der Waals surface area contributed by atoms with Crippen LogP contribution in [0.3, 0.4) is 0 Å². The molecule has 1 saturated carbocycles. The van der Waals surface area contributed by atoms with Crippen molar-refractivity contribution in [3.63, 3.8) is 0 Å². The Morgan fingerprint density at radius 1 is 1.08 bits per heavy atom. The van der Waals surface area contributed by atoms with Gasteiger partial charge in [-0.15, -0.1) is 0 Å². The van der Waals surface area contributed by atoms with Crippen LogP contribution in [0.1, 0.15) is 28.3 Å². The zero-order valence-corrected chi connectivity index (χ0v) is 21.8. The third kappa shape index (κ3) is 3.35. The predicted molar refractivity (Wildman–Crippen MR) is 140 cm³/mol. The Balaban J connectivity index is 1.52. The quantitative estimate of drug-likeness (QED) is 0.331. The fraction of sp³-hybridized carbons (Fsp3) is 0.207. The Morgan fingerprint density at radius 2 is 1.76 bits per heavy atom. The number of carboxylic acids is 1. The Hall–Kier alpha value is -3.95. The van der Waals surface area contributed by atoms with Gasteiger partial charge in [-0.05, 0) is 41.0 Å². The summed E-state index contributed by atoms with van der Waals surface area (Å²) in [6.45, 7) is 0.348. The number of aliphatic hydroxyl groups is 1. The van der Waals surface area contributed by atoms with Crippen molar-refractivity contribution in [2.45, 2.75) is 23.7 Å². The normalized spacial score (nSPS) is 25.5. The standard InChI is InChI=1S/C29H23BrN2O6/c1-37-21-13-7-17(8-14-21)15-32-16-22-25(31-32)28(36)26(33)23(27(34)35)24(18-5-3-2-4-6-18)29(28,38-22)19-9-11-20(30)12-10-19/h2-14,16,23-24,36H,15H2,1H3,(H,34,35)/t23-,24-,28+,29+/m1/s1. The van der Waals surface area contributed by atoms with Crippen LogP contribution in [-0.2, 0) is 27.3 Å². The highest BCUT2D eigenvalue weighted by Crippen LogP contribution is 2.66. The minimum absolute atomic E-state index is 0.0172. The van der Waals surface area contributed by atoms with Crippen LogP contribution in [0, 0.1) is 5.92 Å². The molecule has 2 aliphatic rings. The molecule has 6 rings (SSSR count). The Bertz CT molecular complexity index is 1540. The smallest absolute Gasteiger partial charge is 0.314 e. The van der Waals surface area contributed by atoms with Crippen LogP contribution in [0.25, 0.3) is 0 Å². The lowest BCUT2D eigenvalue weighted by Crippen LogP contribution is -2.51. The summed E-state index contributed by atoms with van der Waals surface area (Å²) in [6, 6.07) is 23.3. The summed E-state index contributed by atoms with van der Waals surface area (Å²) >= 11 is 3.43. The number of rotatable bonds is 6. The van der Waals surface area contributed by atoms with Gasteiger partial charge in [0.15, 0.2) is 17.1 Å². The van der Waals surface area contributed by atoms with E-state index < -0.39 is 34.8 Å². The van der Waals surface area contributed by atoms with Gasteiger partial charge in [-0.2, -0.15) is 5.10 Å². The first-order valence-electron chi connectivity index (χ1n) is 12.0. The van der Waals surface area contributed by atoms with Gasteiger partial charge < -0.3 is 19.7 Å². The second-order valence-corrected chi connectivity index (χ2v) is 10.4. The average Bonchev–Trinajstić information content (AvgIpc) is 3.49. The molecule has 192 valence electrons. The van der Waals surface area contributed by atoms with E-state index in [-0.39, 0.29) is 11.4 Å². The van der Waals surface area contributed by atoms with E-state index in [1.807, 2.05) is 30.3 Å². The number of fused-ring (bicyclic) bond motifs is 3.